The van der Waals surface area contributed by atoms with Gasteiger partial charge in [0.25, 0.3) is 5.91 Å². The van der Waals surface area contributed by atoms with Crippen molar-refractivity contribution in [3.63, 3.8) is 0 Å². The van der Waals surface area contributed by atoms with Gasteiger partial charge >= 0.3 is 6.18 Å². The fourth-order valence-corrected chi connectivity index (χ4v) is 1.81. The molecule has 1 saturated carbocycles. The molecule has 0 radical (unpaired) electrons. The molecule has 4 nitrogen and oxygen atoms in total. The first-order valence-corrected chi connectivity index (χ1v) is 5.97. The molecule has 1 aromatic rings. The molecule has 7 heteroatoms. The van der Waals surface area contributed by atoms with Crippen molar-refractivity contribution < 1.29 is 18.0 Å². The number of nitrogens with zero attached hydrogens (tertiary/aromatic N) is 1. The monoisotopic (exact) mass is 273 g/mol. The number of hydrogen-bond donors (Lipinski definition) is 2. The number of alkyl halides is 3. The smallest absolute Gasteiger partial charge is 0.385 e. The third kappa shape index (κ3) is 2.64. The number of carbonyl (C=O) groups is 1. The average Bonchev–Trinajstić information content (AvgIpc) is 3.10. The molecular formula is C12H14F3N3O. The van der Waals surface area contributed by atoms with Gasteiger partial charge in [0.2, 0.25) is 0 Å². The molecule has 2 rings (SSSR count). The van der Waals surface area contributed by atoms with Crippen LogP contribution in [0.15, 0.2) is 18.5 Å². The Kier molecular flexibility index (Phi) is 3.38. The summed E-state index contributed by atoms with van der Waals surface area (Å²) in [7, 11) is 0. The molecule has 1 fully saturated rings. The van der Waals surface area contributed by atoms with Gasteiger partial charge in [-0.25, -0.2) is 0 Å². The van der Waals surface area contributed by atoms with E-state index in [2.05, 4.69) is 15.6 Å². The summed E-state index contributed by atoms with van der Waals surface area (Å²) in [4.78, 5) is 15.7. The normalized spacial score (nSPS) is 16.8. The Morgan fingerprint density at radius 2 is 2.16 bits per heavy atom. The second-order valence-corrected chi connectivity index (χ2v) is 4.49. The molecule has 19 heavy (non-hydrogen) atoms. The summed E-state index contributed by atoms with van der Waals surface area (Å²) in [5.74, 6) is -0.751. The predicted molar refractivity (Wildman–Crippen MR) is 63.9 cm³/mol. The summed E-state index contributed by atoms with van der Waals surface area (Å²) >= 11 is 0. The standard InChI is InChI=1S/C12H14F3N3O/c1-2-17-9-3-6-16-7-8(9)10(19)18-11(4-5-11)12(13,14)15/h3,6-7H,2,4-5H2,1H3,(H,16,17)(H,18,19). The van der Waals surface area contributed by atoms with Crippen LogP contribution >= 0.6 is 0 Å². The van der Waals surface area contributed by atoms with Crippen molar-refractivity contribution in [1.29, 1.82) is 0 Å². The Balaban J connectivity index is 2.17. The summed E-state index contributed by atoms with van der Waals surface area (Å²) in [5, 5.41) is 5.00. The molecule has 0 aliphatic heterocycles. The Bertz CT molecular complexity index is 483. The summed E-state index contributed by atoms with van der Waals surface area (Å²) in [6.07, 6.45) is -1.81. The first-order valence-electron chi connectivity index (χ1n) is 5.97. The van der Waals surface area contributed by atoms with E-state index in [1.165, 1.54) is 12.4 Å². The largest absolute Gasteiger partial charge is 0.411 e. The lowest BCUT2D eigenvalue weighted by Gasteiger charge is -2.21. The van der Waals surface area contributed by atoms with Crippen LogP contribution in [0.25, 0.3) is 0 Å². The highest BCUT2D eigenvalue weighted by molar-refractivity contribution is 5.99. The molecule has 0 aromatic carbocycles. The van der Waals surface area contributed by atoms with E-state index in [1.807, 2.05) is 6.92 Å². The highest BCUT2D eigenvalue weighted by Gasteiger charge is 2.64. The van der Waals surface area contributed by atoms with Gasteiger partial charge in [0, 0.05) is 18.9 Å². The fourth-order valence-electron chi connectivity index (χ4n) is 1.81. The molecule has 0 saturated heterocycles. The number of carbonyl (C=O) groups excluding carboxylic acids is 1. The molecule has 0 bridgehead atoms. The van der Waals surface area contributed by atoms with Crippen molar-refractivity contribution in [3.8, 4) is 0 Å². The lowest BCUT2D eigenvalue weighted by atomic mass is 10.2. The van der Waals surface area contributed by atoms with Crippen molar-refractivity contribution in [3.05, 3.63) is 24.0 Å². The van der Waals surface area contributed by atoms with Gasteiger partial charge in [-0.1, -0.05) is 0 Å². The fraction of sp³-hybridized carbons (Fsp3) is 0.500. The lowest BCUT2D eigenvalue weighted by Crippen LogP contribution is -2.48. The van der Waals surface area contributed by atoms with E-state index in [0.29, 0.717) is 12.2 Å². The van der Waals surface area contributed by atoms with Gasteiger partial charge in [-0.3, -0.25) is 9.78 Å². The number of hydrogen-bond acceptors (Lipinski definition) is 3. The lowest BCUT2D eigenvalue weighted by molar-refractivity contribution is -0.163. The van der Waals surface area contributed by atoms with E-state index in [9.17, 15) is 18.0 Å². The van der Waals surface area contributed by atoms with E-state index >= 15 is 0 Å². The Morgan fingerprint density at radius 1 is 1.47 bits per heavy atom. The molecule has 1 aliphatic carbocycles. The zero-order valence-corrected chi connectivity index (χ0v) is 10.3. The Morgan fingerprint density at radius 3 is 2.68 bits per heavy atom. The summed E-state index contributed by atoms with van der Waals surface area (Å²) in [6.45, 7) is 2.40. The van der Waals surface area contributed by atoms with Crippen LogP contribution in [-0.2, 0) is 0 Å². The number of pyridine rings is 1. The van der Waals surface area contributed by atoms with Gasteiger partial charge < -0.3 is 10.6 Å². The van der Waals surface area contributed by atoms with E-state index in [4.69, 9.17) is 0 Å². The van der Waals surface area contributed by atoms with E-state index in [1.54, 1.807) is 6.07 Å². The van der Waals surface area contributed by atoms with Crippen molar-refractivity contribution in [1.82, 2.24) is 10.3 Å². The minimum atomic E-state index is -4.41. The number of halogens is 3. The van der Waals surface area contributed by atoms with Crippen molar-refractivity contribution in [2.45, 2.75) is 31.5 Å². The second-order valence-electron chi connectivity index (χ2n) is 4.49. The van der Waals surface area contributed by atoms with Gasteiger partial charge in [0.05, 0.1) is 11.3 Å². The van der Waals surface area contributed by atoms with Gasteiger partial charge in [-0.15, -0.1) is 0 Å². The summed E-state index contributed by atoms with van der Waals surface area (Å²) in [6, 6.07) is 1.56. The van der Waals surface area contributed by atoms with Gasteiger partial charge in [-0.2, -0.15) is 13.2 Å². The number of amides is 1. The van der Waals surface area contributed by atoms with Crippen LogP contribution in [0.3, 0.4) is 0 Å². The van der Waals surface area contributed by atoms with Gasteiger partial charge in [0.15, 0.2) is 0 Å². The number of aromatic nitrogens is 1. The number of anilines is 1. The Hall–Kier alpha value is -1.79. The highest BCUT2D eigenvalue weighted by atomic mass is 19.4. The van der Waals surface area contributed by atoms with Gasteiger partial charge in [0.1, 0.15) is 5.54 Å². The van der Waals surface area contributed by atoms with E-state index in [0.717, 1.165) is 0 Å². The zero-order valence-electron chi connectivity index (χ0n) is 10.3. The van der Waals surface area contributed by atoms with Crippen molar-refractivity contribution in [2.75, 3.05) is 11.9 Å². The quantitative estimate of drug-likeness (QED) is 0.885. The minimum Gasteiger partial charge on any atom is -0.385 e. The Labute approximate surface area is 108 Å². The molecule has 1 heterocycles. The van der Waals surface area contributed by atoms with E-state index < -0.39 is 17.6 Å². The van der Waals surface area contributed by atoms with Crippen LogP contribution in [0.2, 0.25) is 0 Å². The summed E-state index contributed by atoms with van der Waals surface area (Å²) < 4.78 is 38.3. The summed E-state index contributed by atoms with van der Waals surface area (Å²) in [5.41, 5.74) is -1.45. The number of rotatable bonds is 4. The van der Waals surface area contributed by atoms with Crippen LogP contribution in [0.1, 0.15) is 30.1 Å². The molecule has 2 N–H and O–H groups in total. The van der Waals surface area contributed by atoms with Gasteiger partial charge in [-0.05, 0) is 25.8 Å². The predicted octanol–water partition coefficient (Wildman–Crippen LogP) is 2.34. The maximum atomic E-state index is 12.8. The SMILES string of the molecule is CCNc1ccncc1C(=O)NC1(C(F)(F)F)CC1. The van der Waals surface area contributed by atoms with Crippen molar-refractivity contribution in [2.24, 2.45) is 0 Å². The van der Waals surface area contributed by atoms with Crippen LogP contribution < -0.4 is 10.6 Å². The van der Waals surface area contributed by atoms with Crippen LogP contribution in [-0.4, -0.2) is 29.2 Å². The molecule has 104 valence electrons. The topological polar surface area (TPSA) is 54.0 Å². The molecular weight excluding hydrogens is 259 g/mol. The maximum Gasteiger partial charge on any atom is 0.411 e. The van der Waals surface area contributed by atoms with Crippen LogP contribution in [0.5, 0.6) is 0 Å². The van der Waals surface area contributed by atoms with Crippen molar-refractivity contribution >= 4 is 11.6 Å². The molecule has 0 atom stereocenters. The average molecular weight is 273 g/mol. The van der Waals surface area contributed by atoms with Crippen LogP contribution in [0, 0.1) is 0 Å². The highest BCUT2D eigenvalue weighted by Crippen LogP contribution is 2.49. The first-order chi connectivity index (χ1) is 8.89. The second kappa shape index (κ2) is 4.71. The molecule has 1 amide bonds. The van der Waals surface area contributed by atoms with E-state index in [-0.39, 0.29) is 18.4 Å². The maximum absolute atomic E-state index is 12.8. The molecule has 0 spiro atoms. The molecule has 1 aromatic heterocycles. The zero-order chi connectivity index (χ0) is 14.1. The molecule has 0 unspecified atom stereocenters. The third-order valence-corrected chi connectivity index (χ3v) is 3.08. The minimum absolute atomic E-state index is 0.0704. The first kappa shape index (κ1) is 13.6. The number of nitrogens with one attached hydrogen (secondary N) is 2. The molecule has 1 aliphatic rings. The third-order valence-electron chi connectivity index (χ3n) is 3.08. The van der Waals surface area contributed by atoms with Crippen LogP contribution in [0.4, 0.5) is 18.9 Å².